The maximum absolute atomic E-state index is 13.8. The quantitative estimate of drug-likeness (QED) is 0.298. The summed E-state index contributed by atoms with van der Waals surface area (Å²) < 4.78 is 0. The van der Waals surface area contributed by atoms with Crippen molar-refractivity contribution in [3.8, 4) is 11.1 Å². The Hall–Kier alpha value is -3.86. The van der Waals surface area contributed by atoms with Crippen LogP contribution >= 0.6 is 0 Å². The molecular weight excluding hydrogens is 472 g/mol. The number of anilines is 2. The van der Waals surface area contributed by atoms with Crippen LogP contribution in [0.25, 0.3) is 17.2 Å². The number of benzene rings is 3. The highest BCUT2D eigenvalue weighted by atomic mass is 16.4. The van der Waals surface area contributed by atoms with Crippen LogP contribution in [0.1, 0.15) is 55.7 Å². The van der Waals surface area contributed by atoms with Crippen molar-refractivity contribution in [1.29, 1.82) is 0 Å². The molecule has 38 heavy (non-hydrogen) atoms. The Kier molecular flexibility index (Phi) is 8.67. The fourth-order valence-electron chi connectivity index (χ4n) is 5.52. The van der Waals surface area contributed by atoms with Gasteiger partial charge in [0.15, 0.2) is 0 Å². The molecule has 0 radical (unpaired) electrons. The lowest BCUT2D eigenvalue weighted by Gasteiger charge is -2.36. The van der Waals surface area contributed by atoms with Crippen molar-refractivity contribution in [2.75, 3.05) is 24.3 Å². The molecule has 5 heteroatoms. The summed E-state index contributed by atoms with van der Waals surface area (Å²) in [6, 6.07) is 22.7. The van der Waals surface area contributed by atoms with E-state index < -0.39 is 11.4 Å². The fraction of sp³-hybridized carbons (Fsp3) is 0.333. The number of hydrogen-bond donors (Lipinski definition) is 2. The average molecular weight is 511 g/mol. The van der Waals surface area contributed by atoms with E-state index in [0.717, 1.165) is 50.2 Å². The van der Waals surface area contributed by atoms with Gasteiger partial charge in [-0.25, -0.2) is 4.79 Å². The number of amides is 1. The molecule has 1 saturated carbocycles. The Morgan fingerprint density at radius 3 is 2.37 bits per heavy atom. The molecule has 3 aromatic rings. The lowest BCUT2D eigenvalue weighted by atomic mass is 9.69. The van der Waals surface area contributed by atoms with Gasteiger partial charge in [0.2, 0.25) is 5.91 Å². The first-order valence-corrected chi connectivity index (χ1v) is 13.5. The molecule has 3 aromatic carbocycles. The largest absolute Gasteiger partial charge is 0.478 e. The van der Waals surface area contributed by atoms with Crippen LogP contribution in [0.2, 0.25) is 0 Å². The van der Waals surface area contributed by atoms with Crippen LogP contribution in [-0.2, 0) is 22.4 Å². The number of carboxylic acid groups (broad SMARTS) is 1. The summed E-state index contributed by atoms with van der Waals surface area (Å²) in [5, 5.41) is 12.1. The number of carboxylic acids is 1. The average Bonchev–Trinajstić information content (AvgIpc) is 2.92. The highest BCUT2D eigenvalue weighted by Gasteiger charge is 2.39. The van der Waals surface area contributed by atoms with Gasteiger partial charge >= 0.3 is 5.97 Å². The molecule has 1 aliphatic rings. The predicted molar refractivity (Wildman–Crippen MR) is 157 cm³/mol. The van der Waals surface area contributed by atoms with Crippen LogP contribution in [0.15, 0.2) is 72.8 Å². The first-order chi connectivity index (χ1) is 18.3. The smallest absolute Gasteiger partial charge is 0.328 e. The predicted octanol–water partition coefficient (Wildman–Crippen LogP) is 7.21. The normalized spacial score (nSPS) is 14.8. The molecule has 0 aliphatic heterocycles. The van der Waals surface area contributed by atoms with E-state index in [1.165, 1.54) is 34.0 Å². The van der Waals surface area contributed by atoms with Crippen molar-refractivity contribution in [3.05, 3.63) is 89.5 Å². The topological polar surface area (TPSA) is 69.6 Å². The summed E-state index contributed by atoms with van der Waals surface area (Å²) in [7, 11) is 4.09. The van der Waals surface area contributed by atoms with Gasteiger partial charge in [-0.1, -0.05) is 68.7 Å². The molecule has 1 fully saturated rings. The number of carbonyl (C=O) groups is 2. The number of aryl methyl sites for hydroxylation is 1. The van der Waals surface area contributed by atoms with Crippen molar-refractivity contribution in [1.82, 2.24) is 0 Å². The zero-order chi connectivity index (χ0) is 27.1. The Morgan fingerprint density at radius 1 is 0.974 bits per heavy atom. The molecule has 4 rings (SSSR count). The monoisotopic (exact) mass is 510 g/mol. The molecule has 0 bridgehead atoms. The molecular formula is C33H38N2O3. The van der Waals surface area contributed by atoms with Crippen molar-refractivity contribution in [3.63, 3.8) is 0 Å². The number of aliphatic carboxylic acids is 1. The summed E-state index contributed by atoms with van der Waals surface area (Å²) >= 11 is 0. The van der Waals surface area contributed by atoms with E-state index in [0.29, 0.717) is 12.1 Å². The molecule has 1 aliphatic carbocycles. The third-order valence-corrected chi connectivity index (χ3v) is 7.64. The second kappa shape index (κ2) is 12.1. The maximum atomic E-state index is 13.8. The highest BCUT2D eigenvalue weighted by Crippen LogP contribution is 2.41. The zero-order valence-corrected chi connectivity index (χ0v) is 22.7. The van der Waals surface area contributed by atoms with Crippen LogP contribution in [0.4, 0.5) is 11.4 Å². The van der Waals surface area contributed by atoms with Crippen molar-refractivity contribution in [2.24, 2.45) is 5.41 Å². The van der Waals surface area contributed by atoms with Crippen LogP contribution in [-0.4, -0.2) is 31.1 Å². The maximum Gasteiger partial charge on any atom is 0.328 e. The van der Waals surface area contributed by atoms with Gasteiger partial charge in [0, 0.05) is 31.5 Å². The van der Waals surface area contributed by atoms with Gasteiger partial charge in [-0.05, 0) is 83.8 Å². The van der Waals surface area contributed by atoms with E-state index in [1.54, 1.807) is 0 Å². The zero-order valence-electron chi connectivity index (χ0n) is 22.7. The van der Waals surface area contributed by atoms with E-state index in [-0.39, 0.29) is 5.91 Å². The third-order valence-electron chi connectivity index (χ3n) is 7.64. The van der Waals surface area contributed by atoms with Crippen LogP contribution in [0, 0.1) is 5.41 Å². The molecule has 0 aromatic heterocycles. The Bertz CT molecular complexity index is 1300. The number of nitrogens with zero attached hydrogens (tertiary/aromatic N) is 1. The van der Waals surface area contributed by atoms with E-state index >= 15 is 0 Å². The van der Waals surface area contributed by atoms with Crippen LogP contribution in [0.3, 0.4) is 0 Å². The number of hydrogen-bond acceptors (Lipinski definition) is 3. The Morgan fingerprint density at radius 2 is 1.71 bits per heavy atom. The van der Waals surface area contributed by atoms with Crippen molar-refractivity contribution < 1.29 is 14.7 Å². The summed E-state index contributed by atoms with van der Waals surface area (Å²) in [5.41, 5.74) is 7.11. The lowest BCUT2D eigenvalue weighted by molar-refractivity contribution is -0.131. The second-order valence-electron chi connectivity index (χ2n) is 10.6. The SMILES string of the molecule is CCc1cc(CC2(C(=O)Nc3cccc(/C=C/C(=O)O)c3)CCCCC2)ccc1-c1ccc(N(C)C)cc1. The van der Waals surface area contributed by atoms with Gasteiger partial charge in [-0.3, -0.25) is 4.79 Å². The number of carbonyl (C=O) groups excluding carboxylic acids is 1. The van der Waals surface area contributed by atoms with Gasteiger partial charge in [0.25, 0.3) is 0 Å². The third kappa shape index (κ3) is 6.52. The fourth-order valence-corrected chi connectivity index (χ4v) is 5.52. The highest BCUT2D eigenvalue weighted by molar-refractivity contribution is 5.96. The minimum absolute atomic E-state index is 0.0537. The molecule has 0 atom stereocenters. The molecule has 1 amide bonds. The van der Waals surface area contributed by atoms with Crippen LogP contribution < -0.4 is 10.2 Å². The summed E-state index contributed by atoms with van der Waals surface area (Å²) in [6.07, 6.45) is 9.27. The van der Waals surface area contributed by atoms with Crippen LogP contribution in [0.5, 0.6) is 0 Å². The standard InChI is InChI=1S/C33H38N2O3/c1-4-26-21-25(11-17-30(26)27-13-15-29(16-14-27)35(2)3)23-33(19-6-5-7-20-33)32(38)34-28-10-8-9-24(22-28)12-18-31(36)37/h8-18,21-22H,4-7,19-20,23H2,1-3H3,(H,34,38)(H,36,37)/b18-12+. The van der Waals surface area contributed by atoms with Gasteiger partial charge in [-0.2, -0.15) is 0 Å². The second-order valence-corrected chi connectivity index (χ2v) is 10.6. The number of nitrogens with one attached hydrogen (secondary N) is 1. The minimum Gasteiger partial charge on any atom is -0.478 e. The summed E-state index contributed by atoms with van der Waals surface area (Å²) in [6.45, 7) is 2.19. The van der Waals surface area contributed by atoms with E-state index in [4.69, 9.17) is 5.11 Å². The minimum atomic E-state index is -0.997. The molecule has 198 valence electrons. The molecule has 2 N–H and O–H groups in total. The Balaban J connectivity index is 1.57. The van der Waals surface area contributed by atoms with E-state index in [9.17, 15) is 9.59 Å². The number of rotatable bonds is 9. The first kappa shape index (κ1) is 27.2. The van der Waals surface area contributed by atoms with Gasteiger partial charge in [0.05, 0.1) is 5.41 Å². The Labute approximate surface area is 226 Å². The molecule has 0 spiro atoms. The van der Waals surface area contributed by atoms with E-state index in [2.05, 4.69) is 59.6 Å². The van der Waals surface area contributed by atoms with Crippen molar-refractivity contribution >= 4 is 29.3 Å². The lowest BCUT2D eigenvalue weighted by Crippen LogP contribution is -2.40. The summed E-state index contributed by atoms with van der Waals surface area (Å²) in [4.78, 5) is 26.8. The first-order valence-electron chi connectivity index (χ1n) is 13.5. The van der Waals surface area contributed by atoms with Gasteiger partial charge in [-0.15, -0.1) is 0 Å². The summed E-state index contributed by atoms with van der Waals surface area (Å²) in [5.74, 6) is -0.943. The van der Waals surface area contributed by atoms with Gasteiger partial charge in [0.1, 0.15) is 0 Å². The molecule has 5 nitrogen and oxygen atoms in total. The molecule has 0 unspecified atom stereocenters. The molecule has 0 saturated heterocycles. The van der Waals surface area contributed by atoms with E-state index in [1.807, 2.05) is 38.4 Å². The van der Waals surface area contributed by atoms with Crippen molar-refractivity contribution in [2.45, 2.75) is 51.9 Å². The molecule has 0 heterocycles. The van der Waals surface area contributed by atoms with Gasteiger partial charge < -0.3 is 15.3 Å².